The minimum Gasteiger partial charge on any atom is -0.481 e. The number of hydrogen-bond acceptors (Lipinski definition) is 2. The summed E-state index contributed by atoms with van der Waals surface area (Å²) in [6.07, 6.45) is 1.73. The van der Waals surface area contributed by atoms with Gasteiger partial charge in [-0.1, -0.05) is 11.2 Å². The van der Waals surface area contributed by atoms with Crippen molar-refractivity contribution < 1.29 is 9.90 Å². The van der Waals surface area contributed by atoms with E-state index in [0.717, 1.165) is 0 Å². The quantitative estimate of drug-likeness (QED) is 0.573. The van der Waals surface area contributed by atoms with Gasteiger partial charge in [0.2, 0.25) is 0 Å². The molecule has 0 aliphatic rings. The second kappa shape index (κ2) is 3.10. The first-order valence-electron chi connectivity index (χ1n) is 1.64. The maximum atomic E-state index is 9.75. The van der Waals surface area contributed by atoms with Gasteiger partial charge in [0, 0.05) is 0 Å². The van der Waals surface area contributed by atoms with Gasteiger partial charge in [0.1, 0.15) is 0 Å². The number of rotatable bonds is 2. The van der Waals surface area contributed by atoms with E-state index in [-0.39, 0.29) is 15.2 Å². The molecule has 0 amide bonds. The number of carboxylic acid groups (broad SMARTS) is 1. The highest BCUT2D eigenvalue weighted by atomic mass is 32.8. The predicted molar refractivity (Wildman–Crippen MR) is 33.2 cm³/mol. The van der Waals surface area contributed by atoms with Crippen LogP contribution in [0.2, 0.25) is 0 Å². The first-order valence-corrected chi connectivity index (χ1v) is 4.37. The second-order valence-corrected chi connectivity index (χ2v) is 4.25. The van der Waals surface area contributed by atoms with Crippen LogP contribution in [0.5, 0.6) is 0 Å². The van der Waals surface area contributed by atoms with Gasteiger partial charge in [-0.15, -0.1) is 9.45 Å². The molecule has 1 unspecified atom stereocenters. The summed E-state index contributed by atoms with van der Waals surface area (Å²) in [7, 11) is -0.362. The molecule has 0 spiro atoms. The zero-order chi connectivity index (χ0) is 5.86. The normalized spacial score (nSPS) is 13.3. The minimum absolute atomic E-state index is 0.120. The van der Waals surface area contributed by atoms with Gasteiger partial charge in [0.25, 0.3) is 0 Å². The van der Waals surface area contributed by atoms with Gasteiger partial charge < -0.3 is 5.11 Å². The lowest BCUT2D eigenvalue weighted by molar-refractivity contribution is -0.133. The Morgan fingerprint density at radius 3 is 2.43 bits per heavy atom. The van der Waals surface area contributed by atoms with Crippen LogP contribution < -0.4 is 0 Å². The molecule has 0 saturated heterocycles. The van der Waals surface area contributed by atoms with Crippen molar-refractivity contribution in [2.75, 3.05) is 12.0 Å². The molecule has 0 rings (SSSR count). The van der Waals surface area contributed by atoms with Gasteiger partial charge in [-0.3, -0.25) is 4.79 Å². The van der Waals surface area contributed by atoms with Crippen LogP contribution in [-0.4, -0.2) is 23.1 Å². The predicted octanol–water partition coefficient (Wildman–Crippen LogP) is -0.219. The highest BCUT2D eigenvalue weighted by Gasteiger charge is 1.93. The average Bonchev–Trinajstić information content (AvgIpc) is 1.27. The Morgan fingerprint density at radius 2 is 2.43 bits per heavy atom. The van der Waals surface area contributed by atoms with Crippen LogP contribution in [0.15, 0.2) is 0 Å². The summed E-state index contributed by atoms with van der Waals surface area (Å²) in [4.78, 5) is 9.75. The summed E-state index contributed by atoms with van der Waals surface area (Å²) in [6.45, 7) is 0. The molecule has 0 aliphatic heterocycles. The number of aliphatic carboxylic acids is 1. The summed E-state index contributed by atoms with van der Waals surface area (Å²) in [5.74, 6) is -0.684. The lowest BCUT2D eigenvalue weighted by Crippen LogP contribution is -2.05. The SMILES string of the molecule is CS(=S)CC(=O)O. The van der Waals surface area contributed by atoms with E-state index in [2.05, 4.69) is 11.2 Å². The molecule has 0 aromatic rings. The van der Waals surface area contributed by atoms with Crippen molar-refractivity contribution in [1.82, 2.24) is 0 Å². The highest BCUT2D eigenvalue weighted by molar-refractivity contribution is 8.28. The van der Waals surface area contributed by atoms with Crippen LogP contribution in [-0.2, 0) is 25.4 Å². The second-order valence-electron chi connectivity index (χ2n) is 1.11. The highest BCUT2D eigenvalue weighted by Crippen LogP contribution is 1.72. The topological polar surface area (TPSA) is 37.3 Å². The summed E-state index contributed by atoms with van der Waals surface area (Å²) in [5.41, 5.74) is 0. The third-order valence-electron chi connectivity index (χ3n) is 0.327. The average molecular weight is 138 g/mol. The Kier molecular flexibility index (Phi) is 3.11. The summed E-state index contributed by atoms with van der Waals surface area (Å²) < 4.78 is 0. The minimum atomic E-state index is -0.805. The zero-order valence-electron chi connectivity index (χ0n) is 3.88. The maximum absolute atomic E-state index is 9.75. The molecule has 0 aromatic carbocycles. The smallest absolute Gasteiger partial charge is 0.313 e. The van der Waals surface area contributed by atoms with Crippen LogP contribution in [0.4, 0.5) is 0 Å². The fraction of sp³-hybridized carbons (Fsp3) is 0.667. The fourth-order valence-corrected chi connectivity index (χ4v) is 0.824. The monoisotopic (exact) mass is 138 g/mol. The standard InChI is InChI=1S/C3H6O2S2/c1-7(6)2-3(4)5/h2H2,1H3,(H,4,5). The molecule has 0 aromatic heterocycles. The fourth-order valence-electron chi connectivity index (χ4n) is 0.174. The Labute approximate surface area is 49.1 Å². The maximum Gasteiger partial charge on any atom is 0.313 e. The molecular weight excluding hydrogens is 132 g/mol. The molecule has 0 radical (unpaired) electrons. The number of carboxylic acids is 1. The zero-order valence-corrected chi connectivity index (χ0v) is 5.51. The Hall–Kier alpha value is 0.0400. The van der Waals surface area contributed by atoms with Crippen LogP contribution in [0.3, 0.4) is 0 Å². The number of hydrogen-bond donors (Lipinski definition) is 1. The molecule has 1 atom stereocenters. The van der Waals surface area contributed by atoms with E-state index in [1.54, 1.807) is 6.26 Å². The van der Waals surface area contributed by atoms with Crippen molar-refractivity contribution in [2.24, 2.45) is 0 Å². The largest absolute Gasteiger partial charge is 0.481 e. The van der Waals surface area contributed by atoms with E-state index < -0.39 is 5.97 Å². The Bertz CT molecular complexity index is 87.1. The van der Waals surface area contributed by atoms with Gasteiger partial charge in [-0.05, 0) is 6.26 Å². The molecule has 0 heterocycles. The van der Waals surface area contributed by atoms with E-state index in [0.29, 0.717) is 0 Å². The van der Waals surface area contributed by atoms with Crippen molar-refractivity contribution in [3.05, 3.63) is 0 Å². The third-order valence-corrected chi connectivity index (χ3v) is 1.33. The van der Waals surface area contributed by atoms with E-state index in [9.17, 15) is 4.79 Å². The van der Waals surface area contributed by atoms with Crippen molar-refractivity contribution in [1.29, 1.82) is 0 Å². The van der Waals surface area contributed by atoms with E-state index >= 15 is 0 Å². The summed E-state index contributed by atoms with van der Waals surface area (Å²) in [5, 5.41) is 8.02. The van der Waals surface area contributed by atoms with Gasteiger partial charge in [-0.25, -0.2) is 0 Å². The summed E-state index contributed by atoms with van der Waals surface area (Å²) in [6, 6.07) is 0. The molecule has 4 heteroatoms. The van der Waals surface area contributed by atoms with Crippen LogP contribution in [0, 0.1) is 0 Å². The van der Waals surface area contributed by atoms with E-state index in [4.69, 9.17) is 5.11 Å². The van der Waals surface area contributed by atoms with Crippen molar-refractivity contribution in [3.8, 4) is 0 Å². The lowest BCUT2D eigenvalue weighted by Gasteiger charge is -1.86. The van der Waals surface area contributed by atoms with Gasteiger partial charge in [0.05, 0.1) is 5.75 Å². The third kappa shape index (κ3) is 6.04. The first kappa shape index (κ1) is 7.04. The van der Waals surface area contributed by atoms with Crippen LogP contribution in [0.25, 0.3) is 0 Å². The molecule has 0 saturated carbocycles. The lowest BCUT2D eigenvalue weighted by atomic mass is 10.8. The summed E-state index contributed by atoms with van der Waals surface area (Å²) >= 11 is 4.60. The molecule has 0 fully saturated rings. The van der Waals surface area contributed by atoms with Crippen molar-refractivity contribution >= 4 is 26.6 Å². The molecule has 42 valence electrons. The van der Waals surface area contributed by atoms with Crippen LogP contribution >= 0.6 is 0 Å². The first-order chi connectivity index (χ1) is 3.13. The molecule has 7 heavy (non-hydrogen) atoms. The molecule has 0 aliphatic carbocycles. The molecule has 1 N–H and O–H groups in total. The van der Waals surface area contributed by atoms with E-state index in [1.807, 2.05) is 0 Å². The molecule has 2 nitrogen and oxygen atoms in total. The van der Waals surface area contributed by atoms with Crippen LogP contribution in [0.1, 0.15) is 0 Å². The number of carbonyl (C=O) groups is 1. The Balaban J connectivity index is 3.32. The van der Waals surface area contributed by atoms with Gasteiger partial charge in [-0.2, -0.15) is 0 Å². The Morgan fingerprint density at radius 1 is 2.00 bits per heavy atom. The van der Waals surface area contributed by atoms with Crippen molar-refractivity contribution in [2.45, 2.75) is 0 Å². The van der Waals surface area contributed by atoms with Gasteiger partial charge >= 0.3 is 5.97 Å². The van der Waals surface area contributed by atoms with Crippen molar-refractivity contribution in [3.63, 3.8) is 0 Å². The molecule has 0 bridgehead atoms. The van der Waals surface area contributed by atoms with E-state index in [1.165, 1.54) is 0 Å². The van der Waals surface area contributed by atoms with Gasteiger partial charge in [0.15, 0.2) is 0 Å². The molecular formula is C3H6O2S2.